The molecule has 0 bridgehead atoms. The van der Waals surface area contributed by atoms with Gasteiger partial charge in [-0.15, -0.1) is 0 Å². The van der Waals surface area contributed by atoms with Crippen molar-refractivity contribution in [1.82, 2.24) is 0 Å². The van der Waals surface area contributed by atoms with Crippen LogP contribution in [-0.4, -0.2) is 12.6 Å². The number of ether oxygens (including phenoxy) is 2. The van der Waals surface area contributed by atoms with E-state index < -0.39 is 0 Å². The van der Waals surface area contributed by atoms with Crippen LogP contribution >= 0.6 is 0 Å². The molecule has 1 heterocycles. The standard InChI is InChI=1S/C18H18O3/c1-3-12(2)13-4-6-14(7-5-13)18(19)15-8-9-16-17(10-15)21-11-20-16/h4-10,12H,3,11H2,1-2H3. The molecule has 1 aliphatic rings. The Labute approximate surface area is 124 Å². The van der Waals surface area contributed by atoms with Gasteiger partial charge in [0.05, 0.1) is 0 Å². The van der Waals surface area contributed by atoms with Gasteiger partial charge in [0.2, 0.25) is 6.79 Å². The van der Waals surface area contributed by atoms with Crippen LogP contribution in [0.1, 0.15) is 47.7 Å². The molecule has 21 heavy (non-hydrogen) atoms. The third-order valence-electron chi connectivity index (χ3n) is 3.99. The number of ketones is 1. The van der Waals surface area contributed by atoms with Gasteiger partial charge in [-0.2, -0.15) is 0 Å². The monoisotopic (exact) mass is 282 g/mol. The van der Waals surface area contributed by atoms with E-state index in [9.17, 15) is 4.79 Å². The SMILES string of the molecule is CCC(C)c1ccc(C(=O)c2ccc3c(c2)OCO3)cc1. The highest BCUT2D eigenvalue weighted by Gasteiger charge is 2.17. The Balaban J connectivity index is 1.85. The van der Waals surface area contributed by atoms with Gasteiger partial charge < -0.3 is 9.47 Å². The van der Waals surface area contributed by atoms with Crippen molar-refractivity contribution in [3.63, 3.8) is 0 Å². The zero-order valence-corrected chi connectivity index (χ0v) is 12.3. The second-order valence-electron chi connectivity index (χ2n) is 5.33. The molecule has 0 saturated carbocycles. The molecule has 1 atom stereocenters. The molecule has 0 fully saturated rings. The Bertz CT molecular complexity index is 659. The van der Waals surface area contributed by atoms with Crippen molar-refractivity contribution >= 4 is 5.78 Å². The zero-order chi connectivity index (χ0) is 14.8. The summed E-state index contributed by atoms with van der Waals surface area (Å²) < 4.78 is 10.6. The van der Waals surface area contributed by atoms with E-state index >= 15 is 0 Å². The normalized spacial score (nSPS) is 14.0. The van der Waals surface area contributed by atoms with E-state index in [-0.39, 0.29) is 12.6 Å². The summed E-state index contributed by atoms with van der Waals surface area (Å²) in [5, 5.41) is 0. The first-order valence-electron chi connectivity index (χ1n) is 7.23. The summed E-state index contributed by atoms with van der Waals surface area (Å²) in [6.45, 7) is 4.57. The Morgan fingerprint density at radius 3 is 2.43 bits per heavy atom. The van der Waals surface area contributed by atoms with Gasteiger partial charge in [-0.25, -0.2) is 0 Å². The quantitative estimate of drug-likeness (QED) is 0.790. The first-order chi connectivity index (χ1) is 10.2. The lowest BCUT2D eigenvalue weighted by Crippen LogP contribution is -2.02. The molecule has 2 aromatic rings. The number of hydrogen-bond acceptors (Lipinski definition) is 3. The van der Waals surface area contributed by atoms with Crippen LogP contribution in [0.5, 0.6) is 11.5 Å². The largest absolute Gasteiger partial charge is 0.454 e. The maximum atomic E-state index is 12.5. The Kier molecular flexibility index (Phi) is 3.65. The van der Waals surface area contributed by atoms with Crippen molar-refractivity contribution < 1.29 is 14.3 Å². The van der Waals surface area contributed by atoms with Crippen molar-refractivity contribution in [3.05, 3.63) is 59.2 Å². The molecular weight excluding hydrogens is 264 g/mol. The number of benzene rings is 2. The predicted octanol–water partition coefficient (Wildman–Crippen LogP) is 4.16. The molecule has 1 unspecified atom stereocenters. The molecule has 0 amide bonds. The van der Waals surface area contributed by atoms with Crippen LogP contribution in [-0.2, 0) is 0 Å². The summed E-state index contributed by atoms with van der Waals surface area (Å²) in [5.41, 5.74) is 2.58. The number of hydrogen-bond donors (Lipinski definition) is 0. The second-order valence-corrected chi connectivity index (χ2v) is 5.33. The molecule has 0 aromatic heterocycles. The van der Waals surface area contributed by atoms with Crippen LogP contribution in [0, 0.1) is 0 Å². The number of fused-ring (bicyclic) bond motifs is 1. The molecule has 0 aliphatic carbocycles. The third kappa shape index (κ3) is 2.64. The van der Waals surface area contributed by atoms with Crippen LogP contribution in [0.15, 0.2) is 42.5 Å². The lowest BCUT2D eigenvalue weighted by molar-refractivity contribution is 0.103. The number of carbonyl (C=O) groups is 1. The molecule has 3 rings (SSSR count). The summed E-state index contributed by atoms with van der Waals surface area (Å²) in [6.07, 6.45) is 1.09. The van der Waals surface area contributed by atoms with Gasteiger partial charge in [-0.05, 0) is 36.1 Å². The minimum Gasteiger partial charge on any atom is -0.454 e. The summed E-state index contributed by atoms with van der Waals surface area (Å²) in [5.74, 6) is 1.85. The fourth-order valence-electron chi connectivity index (χ4n) is 2.40. The highest BCUT2D eigenvalue weighted by Crippen LogP contribution is 2.33. The van der Waals surface area contributed by atoms with Crippen molar-refractivity contribution in [2.45, 2.75) is 26.2 Å². The molecule has 2 aromatic carbocycles. The van der Waals surface area contributed by atoms with Crippen LogP contribution in [0.3, 0.4) is 0 Å². The second kappa shape index (κ2) is 5.60. The maximum Gasteiger partial charge on any atom is 0.231 e. The van der Waals surface area contributed by atoms with Gasteiger partial charge in [-0.1, -0.05) is 38.1 Å². The molecule has 0 radical (unpaired) electrons. The number of rotatable bonds is 4. The van der Waals surface area contributed by atoms with Gasteiger partial charge in [0.15, 0.2) is 17.3 Å². The molecule has 3 heteroatoms. The summed E-state index contributed by atoms with van der Waals surface area (Å²) in [6, 6.07) is 13.2. The van der Waals surface area contributed by atoms with Gasteiger partial charge in [-0.3, -0.25) is 4.79 Å². The van der Waals surface area contributed by atoms with E-state index in [4.69, 9.17) is 9.47 Å². The molecule has 1 aliphatic heterocycles. The van der Waals surface area contributed by atoms with E-state index in [2.05, 4.69) is 13.8 Å². The lowest BCUT2D eigenvalue weighted by atomic mass is 9.95. The average Bonchev–Trinajstić information content (AvgIpc) is 3.01. The Morgan fingerprint density at radius 2 is 1.71 bits per heavy atom. The Hall–Kier alpha value is -2.29. The van der Waals surface area contributed by atoms with Gasteiger partial charge in [0.25, 0.3) is 0 Å². The third-order valence-corrected chi connectivity index (χ3v) is 3.99. The van der Waals surface area contributed by atoms with Crippen molar-refractivity contribution in [3.8, 4) is 11.5 Å². The van der Waals surface area contributed by atoms with Crippen molar-refractivity contribution in [2.75, 3.05) is 6.79 Å². The highest BCUT2D eigenvalue weighted by atomic mass is 16.7. The van der Waals surface area contributed by atoms with Crippen LogP contribution in [0.4, 0.5) is 0 Å². The fourth-order valence-corrected chi connectivity index (χ4v) is 2.40. The fraction of sp³-hybridized carbons (Fsp3) is 0.278. The zero-order valence-electron chi connectivity index (χ0n) is 12.3. The smallest absolute Gasteiger partial charge is 0.231 e. The van der Waals surface area contributed by atoms with Crippen LogP contribution in [0.2, 0.25) is 0 Å². The predicted molar refractivity (Wildman–Crippen MR) is 81.1 cm³/mol. The highest BCUT2D eigenvalue weighted by molar-refractivity contribution is 6.09. The summed E-state index contributed by atoms with van der Waals surface area (Å²) >= 11 is 0. The van der Waals surface area contributed by atoms with E-state index in [0.717, 1.165) is 6.42 Å². The topological polar surface area (TPSA) is 35.5 Å². The molecular formula is C18H18O3. The number of carbonyl (C=O) groups excluding carboxylic acids is 1. The van der Waals surface area contributed by atoms with E-state index in [0.29, 0.717) is 28.5 Å². The lowest BCUT2D eigenvalue weighted by Gasteiger charge is -2.09. The van der Waals surface area contributed by atoms with Gasteiger partial charge in [0.1, 0.15) is 0 Å². The molecule has 0 spiro atoms. The van der Waals surface area contributed by atoms with Gasteiger partial charge in [0, 0.05) is 11.1 Å². The maximum absolute atomic E-state index is 12.5. The summed E-state index contributed by atoms with van der Waals surface area (Å²) in [4.78, 5) is 12.5. The molecule has 0 saturated heterocycles. The molecule has 108 valence electrons. The summed E-state index contributed by atoms with van der Waals surface area (Å²) in [7, 11) is 0. The van der Waals surface area contributed by atoms with E-state index in [1.165, 1.54) is 5.56 Å². The van der Waals surface area contributed by atoms with Crippen LogP contribution < -0.4 is 9.47 Å². The minimum absolute atomic E-state index is 0.00371. The van der Waals surface area contributed by atoms with Crippen molar-refractivity contribution in [1.29, 1.82) is 0 Å². The van der Waals surface area contributed by atoms with Crippen LogP contribution in [0.25, 0.3) is 0 Å². The van der Waals surface area contributed by atoms with Crippen molar-refractivity contribution in [2.24, 2.45) is 0 Å². The minimum atomic E-state index is 0.00371. The average molecular weight is 282 g/mol. The first-order valence-corrected chi connectivity index (χ1v) is 7.23. The molecule has 0 N–H and O–H groups in total. The van der Waals surface area contributed by atoms with Gasteiger partial charge >= 0.3 is 0 Å². The molecule has 3 nitrogen and oxygen atoms in total. The Morgan fingerprint density at radius 1 is 1.05 bits per heavy atom. The van der Waals surface area contributed by atoms with E-state index in [1.807, 2.05) is 24.3 Å². The van der Waals surface area contributed by atoms with E-state index in [1.54, 1.807) is 18.2 Å². The first kappa shape index (κ1) is 13.7.